The zero-order valence-corrected chi connectivity index (χ0v) is 17.2. The highest BCUT2D eigenvalue weighted by Gasteiger charge is 2.08. The van der Waals surface area contributed by atoms with Crippen LogP contribution in [0.25, 0.3) is 29.0 Å². The van der Waals surface area contributed by atoms with Gasteiger partial charge in [0, 0.05) is 6.08 Å². The molecular weight excluding hydrogens is 384 g/mol. The molecule has 0 aromatic heterocycles. The Balaban J connectivity index is 1.50. The molecule has 0 atom stereocenters. The average molecular weight is 406 g/mol. The van der Waals surface area contributed by atoms with Crippen LogP contribution in [-0.2, 0) is 4.79 Å². The molecule has 0 aliphatic rings. The van der Waals surface area contributed by atoms with Gasteiger partial charge in [0.2, 0.25) is 0 Å². The Hall–Kier alpha value is -4.11. The molecule has 0 bridgehead atoms. The van der Waals surface area contributed by atoms with Crippen molar-refractivity contribution >= 4 is 35.0 Å². The van der Waals surface area contributed by atoms with Crippen LogP contribution in [-0.4, -0.2) is 13.1 Å². The second-order valence-electron chi connectivity index (χ2n) is 6.98. The summed E-state index contributed by atoms with van der Waals surface area (Å²) < 4.78 is 10.9. The van der Waals surface area contributed by atoms with E-state index in [2.05, 4.69) is 30.3 Å². The number of carbonyl (C=O) groups is 1. The highest BCUT2D eigenvalue weighted by atomic mass is 16.6. The second kappa shape index (κ2) is 9.59. The summed E-state index contributed by atoms with van der Waals surface area (Å²) in [6, 6.07) is 29.6. The van der Waals surface area contributed by atoms with E-state index in [-0.39, 0.29) is 0 Å². The number of benzene rings is 4. The van der Waals surface area contributed by atoms with E-state index in [1.54, 1.807) is 19.3 Å². The third kappa shape index (κ3) is 5.09. The fourth-order valence-corrected chi connectivity index (χ4v) is 3.32. The van der Waals surface area contributed by atoms with Gasteiger partial charge in [0.15, 0.2) is 11.5 Å². The zero-order valence-electron chi connectivity index (χ0n) is 17.2. The van der Waals surface area contributed by atoms with Gasteiger partial charge in [0.25, 0.3) is 0 Å². The number of ether oxygens (including phenoxy) is 2. The Bertz CT molecular complexity index is 1250. The maximum absolute atomic E-state index is 12.2. The Morgan fingerprint density at radius 3 is 2.32 bits per heavy atom. The minimum absolute atomic E-state index is 0.382. The highest BCUT2D eigenvalue weighted by Crippen LogP contribution is 2.29. The molecular formula is C28H22O3. The van der Waals surface area contributed by atoms with Crippen molar-refractivity contribution in [2.75, 3.05) is 7.11 Å². The second-order valence-corrected chi connectivity index (χ2v) is 6.98. The van der Waals surface area contributed by atoms with Gasteiger partial charge in [-0.2, -0.15) is 0 Å². The summed E-state index contributed by atoms with van der Waals surface area (Å²) in [6.45, 7) is 0. The van der Waals surface area contributed by atoms with Gasteiger partial charge in [0.05, 0.1) is 7.11 Å². The lowest BCUT2D eigenvalue weighted by molar-refractivity contribution is -0.129. The molecule has 31 heavy (non-hydrogen) atoms. The molecule has 0 aliphatic heterocycles. The first kappa shape index (κ1) is 20.2. The van der Waals surface area contributed by atoms with E-state index < -0.39 is 5.97 Å². The van der Waals surface area contributed by atoms with Crippen molar-refractivity contribution < 1.29 is 14.3 Å². The first-order valence-corrected chi connectivity index (χ1v) is 10.0. The van der Waals surface area contributed by atoms with Crippen LogP contribution < -0.4 is 9.47 Å². The number of carbonyl (C=O) groups excluding carboxylic acids is 1. The molecule has 0 saturated heterocycles. The lowest BCUT2D eigenvalue weighted by atomic mass is 10.0. The van der Waals surface area contributed by atoms with E-state index in [1.807, 2.05) is 66.7 Å². The van der Waals surface area contributed by atoms with Crippen molar-refractivity contribution in [1.29, 1.82) is 0 Å². The predicted octanol–water partition coefficient (Wildman–Crippen LogP) is 6.64. The number of methoxy groups -OCH3 is 1. The molecule has 0 amide bonds. The van der Waals surface area contributed by atoms with Crippen LogP contribution in [0, 0.1) is 0 Å². The van der Waals surface area contributed by atoms with Gasteiger partial charge in [-0.1, -0.05) is 91.0 Å². The van der Waals surface area contributed by atoms with Gasteiger partial charge in [-0.15, -0.1) is 0 Å². The van der Waals surface area contributed by atoms with E-state index in [9.17, 15) is 4.79 Å². The molecule has 4 rings (SSSR count). The van der Waals surface area contributed by atoms with Gasteiger partial charge in [-0.05, 0) is 45.7 Å². The van der Waals surface area contributed by atoms with E-state index >= 15 is 0 Å². The first-order chi connectivity index (χ1) is 15.2. The fourth-order valence-electron chi connectivity index (χ4n) is 3.32. The monoisotopic (exact) mass is 406 g/mol. The smallest absolute Gasteiger partial charge is 0.336 e. The van der Waals surface area contributed by atoms with Gasteiger partial charge < -0.3 is 9.47 Å². The topological polar surface area (TPSA) is 35.5 Å². The number of fused-ring (bicyclic) bond motifs is 1. The quantitative estimate of drug-likeness (QED) is 0.156. The molecule has 0 radical (unpaired) electrons. The van der Waals surface area contributed by atoms with E-state index in [0.29, 0.717) is 11.5 Å². The molecule has 3 nitrogen and oxygen atoms in total. The van der Waals surface area contributed by atoms with Crippen LogP contribution >= 0.6 is 0 Å². The summed E-state index contributed by atoms with van der Waals surface area (Å²) >= 11 is 0. The molecule has 0 spiro atoms. The lowest BCUT2D eigenvalue weighted by Crippen LogP contribution is -2.05. The molecule has 0 N–H and O–H groups in total. The van der Waals surface area contributed by atoms with Gasteiger partial charge >= 0.3 is 5.97 Å². The minimum Gasteiger partial charge on any atom is -0.493 e. The Labute approximate surface area is 181 Å². The summed E-state index contributed by atoms with van der Waals surface area (Å²) in [4.78, 5) is 12.2. The van der Waals surface area contributed by atoms with Gasteiger partial charge in [-0.25, -0.2) is 4.79 Å². The predicted molar refractivity (Wildman–Crippen MR) is 127 cm³/mol. The normalized spacial score (nSPS) is 11.3. The maximum atomic E-state index is 12.2. The van der Waals surface area contributed by atoms with Crippen LogP contribution in [0.2, 0.25) is 0 Å². The van der Waals surface area contributed by atoms with Crippen molar-refractivity contribution in [2.45, 2.75) is 0 Å². The third-order valence-electron chi connectivity index (χ3n) is 4.89. The van der Waals surface area contributed by atoms with Crippen LogP contribution in [0.5, 0.6) is 11.5 Å². The molecule has 4 aromatic rings. The Morgan fingerprint density at radius 1 is 0.710 bits per heavy atom. The largest absolute Gasteiger partial charge is 0.493 e. The van der Waals surface area contributed by atoms with Crippen molar-refractivity contribution in [3.63, 3.8) is 0 Å². The third-order valence-corrected chi connectivity index (χ3v) is 4.89. The summed E-state index contributed by atoms with van der Waals surface area (Å²) in [5.74, 6) is 0.426. The maximum Gasteiger partial charge on any atom is 0.336 e. The molecule has 0 saturated carbocycles. The SMILES string of the molecule is COc1cc(/C=C/c2cccc3ccccc23)ccc1OC(=O)/C=C/c1ccccc1. The summed E-state index contributed by atoms with van der Waals surface area (Å²) in [5.41, 5.74) is 3.02. The number of rotatable bonds is 6. The van der Waals surface area contributed by atoms with E-state index in [4.69, 9.17) is 9.47 Å². The highest BCUT2D eigenvalue weighted by molar-refractivity contribution is 5.93. The lowest BCUT2D eigenvalue weighted by Gasteiger charge is -2.09. The zero-order chi connectivity index (χ0) is 21.5. The van der Waals surface area contributed by atoms with Crippen LogP contribution in [0.4, 0.5) is 0 Å². The summed E-state index contributed by atoms with van der Waals surface area (Å²) in [5, 5.41) is 2.40. The fraction of sp³-hybridized carbons (Fsp3) is 0.0357. The first-order valence-electron chi connectivity index (χ1n) is 10.0. The van der Waals surface area contributed by atoms with Crippen LogP contribution in [0.1, 0.15) is 16.7 Å². The summed E-state index contributed by atoms with van der Waals surface area (Å²) in [7, 11) is 1.56. The molecule has 0 unspecified atom stereocenters. The molecule has 0 heterocycles. The van der Waals surface area contributed by atoms with Crippen molar-refractivity contribution in [3.8, 4) is 11.5 Å². The number of hydrogen-bond acceptors (Lipinski definition) is 3. The van der Waals surface area contributed by atoms with E-state index in [1.165, 1.54) is 16.8 Å². The van der Waals surface area contributed by atoms with Gasteiger partial charge in [0.1, 0.15) is 0 Å². The van der Waals surface area contributed by atoms with Crippen molar-refractivity contribution in [1.82, 2.24) is 0 Å². The molecule has 4 aromatic carbocycles. The number of hydrogen-bond donors (Lipinski definition) is 0. The average Bonchev–Trinajstić information content (AvgIpc) is 2.82. The van der Waals surface area contributed by atoms with Crippen LogP contribution in [0.15, 0.2) is 97.1 Å². The molecule has 0 aliphatic carbocycles. The van der Waals surface area contributed by atoms with E-state index in [0.717, 1.165) is 16.7 Å². The minimum atomic E-state index is -0.457. The molecule has 0 fully saturated rings. The standard InChI is InChI=1S/C28H22O3/c1-30-27-20-22(14-17-24-12-7-11-23-10-5-6-13-25(23)24)15-18-26(27)31-28(29)19-16-21-8-3-2-4-9-21/h2-20H,1H3/b17-14+,19-16+. The summed E-state index contributed by atoms with van der Waals surface area (Å²) in [6.07, 6.45) is 7.22. The molecule has 152 valence electrons. The van der Waals surface area contributed by atoms with Crippen molar-refractivity contribution in [3.05, 3.63) is 114 Å². The Kier molecular flexibility index (Phi) is 6.24. The molecule has 3 heteroatoms. The Morgan fingerprint density at radius 2 is 1.48 bits per heavy atom. The van der Waals surface area contributed by atoms with Crippen molar-refractivity contribution in [2.24, 2.45) is 0 Å². The number of esters is 1. The van der Waals surface area contributed by atoms with Gasteiger partial charge in [-0.3, -0.25) is 0 Å². The van der Waals surface area contributed by atoms with Crippen LogP contribution in [0.3, 0.4) is 0 Å².